The van der Waals surface area contributed by atoms with Crippen molar-refractivity contribution in [2.45, 2.75) is 38.8 Å². The molecule has 0 atom stereocenters. The third kappa shape index (κ3) is 2.96. The van der Waals surface area contributed by atoms with E-state index in [0.29, 0.717) is 11.0 Å². The van der Waals surface area contributed by atoms with E-state index in [0.717, 1.165) is 37.4 Å². The third-order valence-electron chi connectivity index (χ3n) is 4.73. The van der Waals surface area contributed by atoms with Crippen molar-refractivity contribution in [1.82, 2.24) is 5.32 Å². The highest BCUT2D eigenvalue weighted by molar-refractivity contribution is 5.59. The van der Waals surface area contributed by atoms with Gasteiger partial charge in [0.2, 0.25) is 0 Å². The lowest BCUT2D eigenvalue weighted by Gasteiger charge is -2.57. The summed E-state index contributed by atoms with van der Waals surface area (Å²) in [4.78, 5) is 2.09. The Bertz CT molecular complexity index is 560. The van der Waals surface area contributed by atoms with Gasteiger partial charge in [0, 0.05) is 37.3 Å². The van der Waals surface area contributed by atoms with Crippen molar-refractivity contribution in [2.24, 2.45) is 5.41 Å². The third-order valence-corrected chi connectivity index (χ3v) is 4.73. The molecule has 0 aliphatic carbocycles. The normalized spacial score (nSPS) is 20.7. The number of nitrogens with zero attached hydrogens (tertiary/aromatic N) is 1. The smallest absolute Gasteiger partial charge is 0.370 e. The van der Waals surface area contributed by atoms with Crippen molar-refractivity contribution in [1.29, 1.82) is 0 Å². The Morgan fingerprint density at radius 1 is 1.14 bits per heavy atom. The molecule has 1 aromatic carbocycles. The summed E-state index contributed by atoms with van der Waals surface area (Å²) in [5.41, 5.74) is 2.27. The van der Waals surface area contributed by atoms with Gasteiger partial charge in [0.25, 0.3) is 0 Å². The fourth-order valence-electron chi connectivity index (χ4n) is 3.35. The van der Waals surface area contributed by atoms with E-state index >= 15 is 0 Å². The van der Waals surface area contributed by atoms with Crippen LogP contribution in [0.1, 0.15) is 31.9 Å². The number of nitrogens with one attached hydrogen (secondary N) is 1. The molecule has 0 radical (unpaired) electrons. The summed E-state index contributed by atoms with van der Waals surface area (Å²) in [6.07, 6.45) is -5.03. The maximum Gasteiger partial charge on any atom is 0.393 e. The minimum Gasteiger partial charge on any atom is -0.370 e. The van der Waals surface area contributed by atoms with E-state index < -0.39 is 12.6 Å². The van der Waals surface area contributed by atoms with Crippen LogP contribution in [0.25, 0.3) is 0 Å². The van der Waals surface area contributed by atoms with E-state index in [4.69, 9.17) is 0 Å². The standard InChI is InChI=1S/C17H23F3N2/c1-15(2,3)13-4-5-14(12(6-13)7-17(18,19)20)22-10-16(11-22)8-21-9-16/h4-6,21H,7-11H2,1-3H3. The Labute approximate surface area is 129 Å². The highest BCUT2D eigenvalue weighted by Gasteiger charge is 2.48. The van der Waals surface area contributed by atoms with Crippen LogP contribution in [0.5, 0.6) is 0 Å². The van der Waals surface area contributed by atoms with Gasteiger partial charge in [0.15, 0.2) is 0 Å². The average Bonchev–Trinajstić information content (AvgIpc) is 2.23. The molecule has 0 unspecified atom stereocenters. The second-order valence-electron chi connectivity index (χ2n) is 7.85. The molecule has 22 heavy (non-hydrogen) atoms. The molecule has 122 valence electrons. The number of alkyl halides is 3. The van der Waals surface area contributed by atoms with Gasteiger partial charge >= 0.3 is 6.18 Å². The number of anilines is 1. The second kappa shape index (κ2) is 4.88. The zero-order valence-electron chi connectivity index (χ0n) is 13.3. The van der Waals surface area contributed by atoms with E-state index in [-0.39, 0.29) is 5.41 Å². The highest BCUT2D eigenvalue weighted by Crippen LogP contribution is 2.41. The highest BCUT2D eigenvalue weighted by atomic mass is 19.4. The van der Waals surface area contributed by atoms with Crippen LogP contribution in [0, 0.1) is 5.41 Å². The van der Waals surface area contributed by atoms with Gasteiger partial charge in [-0.3, -0.25) is 0 Å². The molecule has 1 N–H and O–H groups in total. The molecule has 1 spiro atoms. The van der Waals surface area contributed by atoms with Crippen LogP contribution >= 0.6 is 0 Å². The Kier molecular flexibility index (Phi) is 3.47. The predicted molar refractivity (Wildman–Crippen MR) is 82.4 cm³/mol. The van der Waals surface area contributed by atoms with Gasteiger partial charge in [0.1, 0.15) is 0 Å². The fourth-order valence-corrected chi connectivity index (χ4v) is 3.35. The Balaban J connectivity index is 1.88. The summed E-state index contributed by atoms with van der Waals surface area (Å²) in [5, 5.41) is 3.25. The summed E-state index contributed by atoms with van der Waals surface area (Å²) in [5.74, 6) is 0. The molecule has 2 aliphatic rings. The minimum absolute atomic E-state index is 0.146. The summed E-state index contributed by atoms with van der Waals surface area (Å²) < 4.78 is 38.8. The van der Waals surface area contributed by atoms with Crippen LogP contribution in [0.2, 0.25) is 0 Å². The van der Waals surface area contributed by atoms with Crippen LogP contribution < -0.4 is 10.2 Å². The summed E-state index contributed by atoms with van der Waals surface area (Å²) in [6, 6.07) is 5.59. The van der Waals surface area contributed by atoms with Gasteiger partial charge in [-0.2, -0.15) is 13.2 Å². The molecule has 0 aromatic heterocycles. The van der Waals surface area contributed by atoms with E-state index in [1.165, 1.54) is 0 Å². The number of hydrogen-bond donors (Lipinski definition) is 1. The van der Waals surface area contributed by atoms with Crippen molar-refractivity contribution >= 4 is 5.69 Å². The van der Waals surface area contributed by atoms with Crippen molar-refractivity contribution < 1.29 is 13.2 Å². The first-order valence-corrected chi connectivity index (χ1v) is 7.74. The number of halogens is 3. The zero-order chi connectivity index (χ0) is 16.2. The summed E-state index contributed by atoms with van der Waals surface area (Å²) >= 11 is 0. The molecule has 0 saturated carbocycles. The van der Waals surface area contributed by atoms with Crippen molar-refractivity contribution in [2.75, 3.05) is 31.1 Å². The molecule has 0 bridgehead atoms. The van der Waals surface area contributed by atoms with E-state index in [1.54, 1.807) is 6.07 Å². The Hall–Kier alpha value is -1.23. The molecule has 2 saturated heterocycles. The zero-order valence-corrected chi connectivity index (χ0v) is 13.3. The van der Waals surface area contributed by atoms with Crippen molar-refractivity contribution in [3.63, 3.8) is 0 Å². The quantitative estimate of drug-likeness (QED) is 0.899. The average molecular weight is 312 g/mol. The maximum absolute atomic E-state index is 12.9. The van der Waals surface area contributed by atoms with Gasteiger partial charge < -0.3 is 10.2 Å². The Morgan fingerprint density at radius 2 is 1.77 bits per heavy atom. The van der Waals surface area contributed by atoms with Crippen LogP contribution in [-0.4, -0.2) is 32.4 Å². The van der Waals surface area contributed by atoms with Crippen LogP contribution in [-0.2, 0) is 11.8 Å². The number of hydrogen-bond acceptors (Lipinski definition) is 2. The molecule has 2 aliphatic heterocycles. The van der Waals surface area contributed by atoms with Crippen molar-refractivity contribution in [3.8, 4) is 0 Å². The van der Waals surface area contributed by atoms with Gasteiger partial charge in [-0.05, 0) is 22.6 Å². The van der Waals surface area contributed by atoms with Crippen LogP contribution in [0.3, 0.4) is 0 Å². The van der Waals surface area contributed by atoms with Crippen LogP contribution in [0.4, 0.5) is 18.9 Å². The molecule has 2 heterocycles. The lowest BCUT2D eigenvalue weighted by molar-refractivity contribution is -0.127. The molecular formula is C17H23F3N2. The molecule has 5 heteroatoms. The molecule has 2 nitrogen and oxygen atoms in total. The lowest BCUT2D eigenvalue weighted by atomic mass is 9.74. The van der Waals surface area contributed by atoms with E-state index in [1.807, 2.05) is 32.9 Å². The van der Waals surface area contributed by atoms with E-state index in [2.05, 4.69) is 10.2 Å². The van der Waals surface area contributed by atoms with E-state index in [9.17, 15) is 13.2 Å². The monoisotopic (exact) mass is 312 g/mol. The van der Waals surface area contributed by atoms with Gasteiger partial charge in [0.05, 0.1) is 6.42 Å². The minimum atomic E-state index is -4.17. The molecule has 3 rings (SSSR count). The largest absolute Gasteiger partial charge is 0.393 e. The number of rotatable bonds is 2. The second-order valence-corrected chi connectivity index (χ2v) is 7.85. The first-order valence-electron chi connectivity index (χ1n) is 7.74. The molecule has 0 amide bonds. The van der Waals surface area contributed by atoms with Gasteiger partial charge in [-0.15, -0.1) is 0 Å². The SMILES string of the molecule is CC(C)(C)c1ccc(N2CC3(CNC3)C2)c(CC(F)(F)F)c1. The van der Waals surface area contributed by atoms with Gasteiger partial charge in [-0.1, -0.05) is 32.9 Å². The maximum atomic E-state index is 12.9. The van der Waals surface area contributed by atoms with Crippen LogP contribution in [0.15, 0.2) is 18.2 Å². The predicted octanol–water partition coefficient (Wildman–Crippen LogP) is 3.50. The first-order chi connectivity index (χ1) is 10.1. The number of benzene rings is 1. The Morgan fingerprint density at radius 3 is 2.23 bits per heavy atom. The topological polar surface area (TPSA) is 15.3 Å². The first kappa shape index (κ1) is 15.7. The summed E-state index contributed by atoms with van der Waals surface area (Å²) in [6.45, 7) is 9.77. The lowest BCUT2D eigenvalue weighted by Crippen LogP contribution is -2.71. The molecule has 2 fully saturated rings. The molecule has 1 aromatic rings. The van der Waals surface area contributed by atoms with Gasteiger partial charge in [-0.25, -0.2) is 0 Å². The molecular weight excluding hydrogens is 289 g/mol. The van der Waals surface area contributed by atoms with Crippen molar-refractivity contribution in [3.05, 3.63) is 29.3 Å². The fraction of sp³-hybridized carbons (Fsp3) is 0.647. The summed E-state index contributed by atoms with van der Waals surface area (Å²) in [7, 11) is 0.